The normalized spacial score (nSPS) is 14.5. The topological polar surface area (TPSA) is 28.7 Å². The summed E-state index contributed by atoms with van der Waals surface area (Å²) in [7, 11) is 0. The maximum absolute atomic E-state index is 3.93. The van der Waals surface area contributed by atoms with Crippen LogP contribution in [-0.4, -0.2) is 10.2 Å². The Morgan fingerprint density at radius 1 is 1.12 bits per heavy atom. The molecule has 0 amide bonds. The van der Waals surface area contributed by atoms with E-state index in [0.717, 1.165) is 5.69 Å². The molecule has 1 N–H and O–H groups in total. The average molecular weight is 210 g/mol. The van der Waals surface area contributed by atoms with Gasteiger partial charge in [-0.3, -0.25) is 5.10 Å². The first kappa shape index (κ1) is 9.40. The summed E-state index contributed by atoms with van der Waals surface area (Å²) in [5.74, 6) is 0. The van der Waals surface area contributed by atoms with Gasteiger partial charge < -0.3 is 0 Å². The van der Waals surface area contributed by atoms with E-state index in [1.807, 2.05) is 6.07 Å². The predicted octanol–water partition coefficient (Wildman–Crippen LogP) is 3.07. The minimum atomic E-state index is 1.05. The van der Waals surface area contributed by atoms with Gasteiger partial charge in [-0.05, 0) is 48.1 Å². The number of rotatable bonds is 2. The Labute approximate surface area is 95.0 Å². The molecule has 1 aliphatic rings. The van der Waals surface area contributed by atoms with Crippen LogP contribution >= 0.6 is 0 Å². The Kier molecular flexibility index (Phi) is 2.33. The van der Waals surface area contributed by atoms with Crippen molar-refractivity contribution in [2.75, 3.05) is 0 Å². The van der Waals surface area contributed by atoms with E-state index in [-0.39, 0.29) is 0 Å². The van der Waals surface area contributed by atoms with Crippen LogP contribution in [0.4, 0.5) is 0 Å². The van der Waals surface area contributed by atoms with Crippen molar-refractivity contribution in [1.29, 1.82) is 0 Å². The first-order valence-electron chi connectivity index (χ1n) is 5.72. The number of hydrogen-bond acceptors (Lipinski definition) is 1. The summed E-state index contributed by atoms with van der Waals surface area (Å²) in [6.45, 7) is 0. The summed E-state index contributed by atoms with van der Waals surface area (Å²) in [6.07, 6.45) is 9.79. The Bertz CT molecular complexity index is 510. The van der Waals surface area contributed by atoms with Crippen molar-refractivity contribution >= 4 is 12.2 Å². The number of nitrogens with zero attached hydrogens (tertiary/aromatic N) is 1. The highest BCUT2D eigenvalue weighted by Crippen LogP contribution is 2.26. The number of benzene rings is 1. The predicted molar refractivity (Wildman–Crippen MR) is 66.0 cm³/mol. The quantitative estimate of drug-likeness (QED) is 0.810. The SMILES string of the molecule is C(=C\c1cccc2c1CCC2)/c1ccn[nH]1. The molecule has 16 heavy (non-hydrogen) atoms. The van der Waals surface area contributed by atoms with Crippen LogP contribution in [0.3, 0.4) is 0 Å². The molecular formula is C14H14N2. The summed E-state index contributed by atoms with van der Waals surface area (Å²) >= 11 is 0. The van der Waals surface area contributed by atoms with Gasteiger partial charge in [0.05, 0.1) is 5.69 Å². The summed E-state index contributed by atoms with van der Waals surface area (Å²) in [6, 6.07) is 8.56. The zero-order chi connectivity index (χ0) is 10.8. The highest BCUT2D eigenvalue weighted by molar-refractivity contribution is 5.70. The van der Waals surface area contributed by atoms with Gasteiger partial charge in [0.1, 0.15) is 0 Å². The van der Waals surface area contributed by atoms with Crippen LogP contribution in [0.5, 0.6) is 0 Å². The molecule has 1 aromatic carbocycles. The van der Waals surface area contributed by atoms with Crippen LogP contribution < -0.4 is 0 Å². The number of nitrogens with one attached hydrogen (secondary N) is 1. The summed E-state index contributed by atoms with van der Waals surface area (Å²) in [4.78, 5) is 0. The zero-order valence-electron chi connectivity index (χ0n) is 9.11. The van der Waals surface area contributed by atoms with Crippen LogP contribution in [0, 0.1) is 0 Å². The molecule has 0 aliphatic heterocycles. The minimum absolute atomic E-state index is 1.05. The van der Waals surface area contributed by atoms with E-state index >= 15 is 0 Å². The Morgan fingerprint density at radius 2 is 2.12 bits per heavy atom. The van der Waals surface area contributed by atoms with Gasteiger partial charge in [0.15, 0.2) is 0 Å². The molecule has 0 atom stereocenters. The lowest BCUT2D eigenvalue weighted by molar-refractivity contribution is 0.911. The molecule has 1 aromatic heterocycles. The molecule has 80 valence electrons. The van der Waals surface area contributed by atoms with Gasteiger partial charge in [-0.15, -0.1) is 0 Å². The molecule has 1 aliphatic carbocycles. The van der Waals surface area contributed by atoms with Crippen molar-refractivity contribution in [1.82, 2.24) is 10.2 Å². The van der Waals surface area contributed by atoms with E-state index in [2.05, 4.69) is 40.5 Å². The van der Waals surface area contributed by atoms with Gasteiger partial charge in [0.2, 0.25) is 0 Å². The summed E-state index contributed by atoms with van der Waals surface area (Å²) in [5.41, 5.74) is 5.45. The molecule has 0 saturated carbocycles. The van der Waals surface area contributed by atoms with Crippen LogP contribution in [0.2, 0.25) is 0 Å². The molecule has 0 unspecified atom stereocenters. The van der Waals surface area contributed by atoms with E-state index in [4.69, 9.17) is 0 Å². The summed E-state index contributed by atoms with van der Waals surface area (Å²) in [5, 5.41) is 6.87. The number of fused-ring (bicyclic) bond motifs is 1. The molecule has 0 saturated heterocycles. The third-order valence-corrected chi connectivity index (χ3v) is 3.15. The standard InChI is InChI=1S/C14H14N2/c1-3-11-5-2-6-14(11)12(4-1)7-8-13-9-10-15-16-13/h1,3-4,7-10H,2,5-6H2,(H,15,16)/b8-7+. The first-order valence-corrected chi connectivity index (χ1v) is 5.72. The molecule has 0 spiro atoms. The fourth-order valence-corrected chi connectivity index (χ4v) is 2.34. The van der Waals surface area contributed by atoms with Crippen LogP contribution in [0.25, 0.3) is 12.2 Å². The molecule has 0 fully saturated rings. The molecule has 2 nitrogen and oxygen atoms in total. The average Bonchev–Trinajstić information content (AvgIpc) is 2.97. The van der Waals surface area contributed by atoms with Crippen molar-refractivity contribution in [3.05, 3.63) is 52.8 Å². The van der Waals surface area contributed by atoms with Crippen molar-refractivity contribution in [2.24, 2.45) is 0 Å². The molecule has 0 radical (unpaired) electrons. The minimum Gasteiger partial charge on any atom is -0.278 e. The van der Waals surface area contributed by atoms with E-state index in [1.165, 1.54) is 36.0 Å². The lowest BCUT2D eigenvalue weighted by Crippen LogP contribution is -1.86. The second-order valence-electron chi connectivity index (χ2n) is 4.18. The van der Waals surface area contributed by atoms with Gasteiger partial charge >= 0.3 is 0 Å². The van der Waals surface area contributed by atoms with Gasteiger partial charge in [0.25, 0.3) is 0 Å². The Balaban J connectivity index is 1.93. The van der Waals surface area contributed by atoms with E-state index < -0.39 is 0 Å². The highest BCUT2D eigenvalue weighted by atomic mass is 15.1. The number of aromatic amines is 1. The number of aromatic nitrogens is 2. The van der Waals surface area contributed by atoms with Crippen LogP contribution in [-0.2, 0) is 12.8 Å². The molecule has 1 heterocycles. The maximum atomic E-state index is 3.93. The second-order valence-corrected chi connectivity index (χ2v) is 4.18. The lowest BCUT2D eigenvalue weighted by atomic mass is 10.0. The maximum Gasteiger partial charge on any atom is 0.0577 e. The first-order chi connectivity index (χ1) is 7.93. The van der Waals surface area contributed by atoms with Crippen LogP contribution in [0.1, 0.15) is 28.8 Å². The van der Waals surface area contributed by atoms with Crippen molar-refractivity contribution in [3.63, 3.8) is 0 Å². The number of hydrogen-bond donors (Lipinski definition) is 1. The zero-order valence-corrected chi connectivity index (χ0v) is 9.11. The van der Waals surface area contributed by atoms with Gasteiger partial charge in [-0.1, -0.05) is 24.3 Å². The fraction of sp³-hybridized carbons (Fsp3) is 0.214. The third kappa shape index (κ3) is 1.67. The third-order valence-electron chi connectivity index (χ3n) is 3.15. The Hall–Kier alpha value is -1.83. The lowest BCUT2D eigenvalue weighted by Gasteiger charge is -2.02. The van der Waals surface area contributed by atoms with E-state index in [1.54, 1.807) is 6.20 Å². The Morgan fingerprint density at radius 3 is 3.00 bits per heavy atom. The second kappa shape index (κ2) is 3.97. The summed E-state index contributed by atoms with van der Waals surface area (Å²) < 4.78 is 0. The monoisotopic (exact) mass is 210 g/mol. The molecule has 0 bridgehead atoms. The van der Waals surface area contributed by atoms with Gasteiger partial charge in [-0.2, -0.15) is 5.10 Å². The van der Waals surface area contributed by atoms with Gasteiger partial charge in [-0.25, -0.2) is 0 Å². The fourth-order valence-electron chi connectivity index (χ4n) is 2.34. The number of H-pyrrole nitrogens is 1. The van der Waals surface area contributed by atoms with Crippen molar-refractivity contribution < 1.29 is 0 Å². The highest BCUT2D eigenvalue weighted by Gasteiger charge is 2.12. The molecular weight excluding hydrogens is 196 g/mol. The molecule has 3 rings (SSSR count). The van der Waals surface area contributed by atoms with Crippen LogP contribution in [0.15, 0.2) is 30.5 Å². The van der Waals surface area contributed by atoms with Crippen molar-refractivity contribution in [2.45, 2.75) is 19.3 Å². The molecule has 2 heteroatoms. The molecule has 2 aromatic rings. The van der Waals surface area contributed by atoms with E-state index in [0.29, 0.717) is 0 Å². The number of aryl methyl sites for hydroxylation is 1. The van der Waals surface area contributed by atoms with Crippen molar-refractivity contribution in [3.8, 4) is 0 Å². The largest absolute Gasteiger partial charge is 0.278 e. The van der Waals surface area contributed by atoms with E-state index in [9.17, 15) is 0 Å². The van der Waals surface area contributed by atoms with Gasteiger partial charge in [0, 0.05) is 6.20 Å². The smallest absolute Gasteiger partial charge is 0.0577 e.